The zero-order chi connectivity index (χ0) is 12.4. The van der Waals surface area contributed by atoms with Crippen molar-refractivity contribution in [3.05, 3.63) is 28.2 Å². The molecule has 0 spiro atoms. The number of aliphatic hydroxyl groups excluding tert-OH is 1. The van der Waals surface area contributed by atoms with Crippen LogP contribution in [0.5, 0.6) is 0 Å². The standard InChI is InChI=1S/C13H18BrNOS/c1-9-6-15(7-10(2)17-9)13-4-3-12(14)5-11(13)8-16/h3-5,9-10,16H,6-8H2,1-2H3. The predicted molar refractivity (Wildman–Crippen MR) is 78.8 cm³/mol. The zero-order valence-electron chi connectivity index (χ0n) is 10.2. The van der Waals surface area contributed by atoms with Gasteiger partial charge in [0.25, 0.3) is 0 Å². The summed E-state index contributed by atoms with van der Waals surface area (Å²) in [4.78, 5) is 2.39. The summed E-state index contributed by atoms with van der Waals surface area (Å²) in [7, 11) is 0. The molecule has 0 aromatic heterocycles. The number of hydrogen-bond donors (Lipinski definition) is 1. The molecular weight excluding hydrogens is 298 g/mol. The third kappa shape index (κ3) is 3.18. The quantitative estimate of drug-likeness (QED) is 0.906. The van der Waals surface area contributed by atoms with Crippen LogP contribution in [0.15, 0.2) is 22.7 Å². The van der Waals surface area contributed by atoms with Crippen LogP contribution < -0.4 is 4.90 Å². The molecule has 94 valence electrons. The van der Waals surface area contributed by atoms with Crippen molar-refractivity contribution in [3.8, 4) is 0 Å². The van der Waals surface area contributed by atoms with Gasteiger partial charge >= 0.3 is 0 Å². The zero-order valence-corrected chi connectivity index (χ0v) is 12.6. The number of hydrogen-bond acceptors (Lipinski definition) is 3. The van der Waals surface area contributed by atoms with Crippen LogP contribution >= 0.6 is 27.7 Å². The lowest BCUT2D eigenvalue weighted by molar-refractivity contribution is 0.282. The van der Waals surface area contributed by atoms with Crippen LogP contribution in [-0.4, -0.2) is 28.7 Å². The molecule has 1 aromatic carbocycles. The summed E-state index contributed by atoms with van der Waals surface area (Å²) in [5.74, 6) is 0. The summed E-state index contributed by atoms with van der Waals surface area (Å²) in [5.41, 5.74) is 2.18. The second kappa shape index (κ2) is 5.63. The van der Waals surface area contributed by atoms with Crippen LogP contribution in [0.1, 0.15) is 19.4 Å². The van der Waals surface area contributed by atoms with Crippen molar-refractivity contribution < 1.29 is 5.11 Å². The highest BCUT2D eigenvalue weighted by molar-refractivity contribution is 9.10. The first-order valence-corrected chi connectivity index (χ1v) is 7.63. The molecule has 1 N–H and O–H groups in total. The maximum atomic E-state index is 9.45. The van der Waals surface area contributed by atoms with E-state index in [1.807, 2.05) is 23.9 Å². The van der Waals surface area contributed by atoms with Crippen molar-refractivity contribution in [2.45, 2.75) is 31.0 Å². The van der Waals surface area contributed by atoms with Gasteiger partial charge in [0, 0.05) is 39.3 Å². The van der Waals surface area contributed by atoms with Crippen LogP contribution in [0.3, 0.4) is 0 Å². The predicted octanol–water partition coefficient (Wildman–Crippen LogP) is 3.27. The van der Waals surface area contributed by atoms with Gasteiger partial charge in [0.15, 0.2) is 0 Å². The molecule has 4 heteroatoms. The second-order valence-electron chi connectivity index (χ2n) is 4.59. The van der Waals surface area contributed by atoms with E-state index in [-0.39, 0.29) is 6.61 Å². The number of halogens is 1. The van der Waals surface area contributed by atoms with Crippen molar-refractivity contribution in [3.63, 3.8) is 0 Å². The van der Waals surface area contributed by atoms with Gasteiger partial charge in [0.1, 0.15) is 0 Å². The van der Waals surface area contributed by atoms with E-state index in [0.29, 0.717) is 10.5 Å². The molecule has 17 heavy (non-hydrogen) atoms. The van der Waals surface area contributed by atoms with Gasteiger partial charge in [0.2, 0.25) is 0 Å². The Balaban J connectivity index is 2.26. The molecule has 0 amide bonds. The molecule has 1 heterocycles. The SMILES string of the molecule is CC1CN(c2ccc(Br)cc2CO)CC(C)S1. The fourth-order valence-electron chi connectivity index (χ4n) is 2.36. The second-order valence-corrected chi connectivity index (χ2v) is 7.39. The van der Waals surface area contributed by atoms with E-state index < -0.39 is 0 Å². The van der Waals surface area contributed by atoms with Crippen molar-refractivity contribution in [1.82, 2.24) is 0 Å². The van der Waals surface area contributed by atoms with Crippen molar-refractivity contribution >= 4 is 33.4 Å². The van der Waals surface area contributed by atoms with Crippen LogP contribution in [0, 0.1) is 0 Å². The minimum Gasteiger partial charge on any atom is -0.392 e. The summed E-state index contributed by atoms with van der Waals surface area (Å²) in [5, 5.41) is 10.7. The van der Waals surface area contributed by atoms with Crippen molar-refractivity contribution in [1.29, 1.82) is 0 Å². The van der Waals surface area contributed by atoms with Crippen molar-refractivity contribution in [2.24, 2.45) is 0 Å². The minimum absolute atomic E-state index is 0.0984. The molecule has 2 unspecified atom stereocenters. The molecule has 0 aliphatic carbocycles. The smallest absolute Gasteiger partial charge is 0.0702 e. The topological polar surface area (TPSA) is 23.5 Å². The Labute approximate surface area is 116 Å². The largest absolute Gasteiger partial charge is 0.392 e. The first kappa shape index (κ1) is 13.2. The van der Waals surface area contributed by atoms with Crippen LogP contribution in [0.2, 0.25) is 0 Å². The fraction of sp³-hybridized carbons (Fsp3) is 0.538. The average Bonchev–Trinajstić information content (AvgIpc) is 2.27. The molecule has 1 aliphatic rings. The molecule has 2 nitrogen and oxygen atoms in total. The molecule has 2 atom stereocenters. The number of thioether (sulfide) groups is 1. The average molecular weight is 316 g/mol. The first-order valence-electron chi connectivity index (χ1n) is 5.90. The van der Waals surface area contributed by atoms with E-state index in [2.05, 4.69) is 40.7 Å². The van der Waals surface area contributed by atoms with Gasteiger partial charge in [-0.05, 0) is 18.2 Å². The molecule has 0 saturated carbocycles. The molecular formula is C13H18BrNOS. The van der Waals surface area contributed by atoms with Gasteiger partial charge in [0.05, 0.1) is 6.61 Å². The lowest BCUT2D eigenvalue weighted by atomic mass is 10.1. The highest BCUT2D eigenvalue weighted by atomic mass is 79.9. The molecule has 2 rings (SSSR count). The Morgan fingerprint density at radius 3 is 2.59 bits per heavy atom. The van der Waals surface area contributed by atoms with Gasteiger partial charge in [-0.3, -0.25) is 0 Å². The third-order valence-corrected chi connectivity index (χ3v) is 4.69. The summed E-state index contributed by atoms with van der Waals surface area (Å²) < 4.78 is 1.03. The van der Waals surface area contributed by atoms with E-state index in [0.717, 1.165) is 23.1 Å². The highest BCUT2D eigenvalue weighted by Crippen LogP contribution is 2.31. The Kier molecular flexibility index (Phi) is 4.39. The summed E-state index contributed by atoms with van der Waals surface area (Å²) >= 11 is 5.49. The third-order valence-electron chi connectivity index (χ3n) is 2.97. The van der Waals surface area contributed by atoms with Gasteiger partial charge < -0.3 is 10.0 Å². The minimum atomic E-state index is 0.0984. The van der Waals surface area contributed by atoms with Crippen LogP contribution in [0.4, 0.5) is 5.69 Å². The lowest BCUT2D eigenvalue weighted by Gasteiger charge is -2.37. The van der Waals surface area contributed by atoms with Gasteiger partial charge in [-0.25, -0.2) is 0 Å². The maximum absolute atomic E-state index is 9.45. The number of nitrogens with zero attached hydrogens (tertiary/aromatic N) is 1. The Hall–Kier alpha value is -0.190. The Morgan fingerprint density at radius 2 is 2.00 bits per heavy atom. The Morgan fingerprint density at radius 1 is 1.35 bits per heavy atom. The number of anilines is 1. The highest BCUT2D eigenvalue weighted by Gasteiger charge is 2.23. The van der Waals surface area contributed by atoms with Crippen molar-refractivity contribution in [2.75, 3.05) is 18.0 Å². The number of benzene rings is 1. The summed E-state index contributed by atoms with van der Waals surface area (Å²) in [6.45, 7) is 6.75. The van der Waals surface area contributed by atoms with E-state index in [1.165, 1.54) is 5.69 Å². The van der Waals surface area contributed by atoms with E-state index in [4.69, 9.17) is 0 Å². The number of rotatable bonds is 2. The molecule has 0 radical (unpaired) electrons. The summed E-state index contributed by atoms with van der Waals surface area (Å²) in [6.07, 6.45) is 0. The van der Waals surface area contributed by atoms with Crippen LogP contribution in [0.25, 0.3) is 0 Å². The normalized spacial score (nSPS) is 25.1. The van der Waals surface area contributed by atoms with Crippen LogP contribution in [-0.2, 0) is 6.61 Å². The fourth-order valence-corrected chi connectivity index (χ4v) is 4.10. The van der Waals surface area contributed by atoms with E-state index in [1.54, 1.807) is 0 Å². The maximum Gasteiger partial charge on any atom is 0.0702 e. The molecule has 1 aliphatic heterocycles. The molecule has 1 saturated heterocycles. The van der Waals surface area contributed by atoms with E-state index >= 15 is 0 Å². The number of aliphatic hydroxyl groups is 1. The van der Waals surface area contributed by atoms with Gasteiger partial charge in [-0.2, -0.15) is 11.8 Å². The first-order chi connectivity index (χ1) is 8.10. The molecule has 1 aromatic rings. The summed E-state index contributed by atoms with van der Waals surface area (Å²) in [6, 6.07) is 6.16. The monoisotopic (exact) mass is 315 g/mol. The molecule has 0 bridgehead atoms. The molecule has 1 fully saturated rings. The van der Waals surface area contributed by atoms with Gasteiger partial charge in [-0.15, -0.1) is 0 Å². The lowest BCUT2D eigenvalue weighted by Crippen LogP contribution is -2.40. The Bertz CT molecular complexity index is 389. The van der Waals surface area contributed by atoms with E-state index in [9.17, 15) is 5.11 Å². The van der Waals surface area contributed by atoms with Gasteiger partial charge in [-0.1, -0.05) is 29.8 Å².